The summed E-state index contributed by atoms with van der Waals surface area (Å²) in [5, 5.41) is 0. The number of rotatable bonds is 4. The lowest BCUT2D eigenvalue weighted by molar-refractivity contribution is -0.133. The average Bonchev–Trinajstić information content (AvgIpc) is 3.36. The number of amides is 1. The van der Waals surface area contributed by atoms with Gasteiger partial charge in [0, 0.05) is 44.5 Å². The number of hydrogen-bond acceptors (Lipinski definition) is 4. The molecule has 6 nitrogen and oxygen atoms in total. The fraction of sp³-hybridized carbons (Fsp3) is 0.600. The molecule has 0 radical (unpaired) electrons. The Hall–Kier alpha value is -1.47. The molecule has 1 aliphatic carbocycles. The van der Waals surface area contributed by atoms with Crippen molar-refractivity contribution < 1.29 is 13.2 Å². The van der Waals surface area contributed by atoms with Gasteiger partial charge in [0.25, 0.3) is 0 Å². The Morgan fingerprint density at radius 3 is 2.64 bits per heavy atom. The topological polar surface area (TPSA) is 70.6 Å². The summed E-state index contributed by atoms with van der Waals surface area (Å²) in [6.07, 6.45) is 4.43. The number of piperazine rings is 1. The molecule has 0 spiro atoms. The van der Waals surface area contributed by atoms with Crippen molar-refractivity contribution >= 4 is 15.9 Å². The normalized spacial score (nSPS) is 26.0. The van der Waals surface area contributed by atoms with Crippen LogP contribution in [0.25, 0.3) is 0 Å². The third-order valence-corrected chi connectivity index (χ3v) is 6.41. The van der Waals surface area contributed by atoms with Crippen molar-refractivity contribution in [2.45, 2.75) is 19.3 Å². The maximum absolute atomic E-state index is 12.5. The zero-order valence-electron chi connectivity index (χ0n) is 12.7. The summed E-state index contributed by atoms with van der Waals surface area (Å²) in [5.41, 5.74) is 1.12. The largest absolute Gasteiger partial charge is 0.340 e. The zero-order valence-corrected chi connectivity index (χ0v) is 13.5. The van der Waals surface area contributed by atoms with E-state index >= 15 is 0 Å². The van der Waals surface area contributed by atoms with Crippen LogP contribution in [0.4, 0.5) is 0 Å². The summed E-state index contributed by atoms with van der Waals surface area (Å²) in [6, 6.07) is 3.90. The van der Waals surface area contributed by atoms with E-state index in [1.807, 2.05) is 23.2 Å². The number of carbonyl (C=O) groups excluding carboxylic acids is 1. The number of carbonyl (C=O) groups is 1. The van der Waals surface area contributed by atoms with Crippen LogP contribution in [0.3, 0.4) is 0 Å². The molecule has 120 valence electrons. The minimum atomic E-state index is -3.14. The van der Waals surface area contributed by atoms with Crippen LogP contribution in [0.5, 0.6) is 0 Å². The lowest BCUT2D eigenvalue weighted by Crippen LogP contribution is -2.51. The van der Waals surface area contributed by atoms with Crippen molar-refractivity contribution in [2.24, 2.45) is 5.92 Å². The van der Waals surface area contributed by atoms with Crippen LogP contribution < -0.4 is 0 Å². The molecule has 3 rings (SSSR count). The number of hydrogen-bond donors (Lipinski definition) is 0. The van der Waals surface area contributed by atoms with E-state index in [4.69, 9.17) is 0 Å². The molecule has 1 aromatic rings. The highest BCUT2D eigenvalue weighted by Gasteiger charge is 2.46. The van der Waals surface area contributed by atoms with Crippen LogP contribution >= 0.6 is 0 Å². The SMILES string of the molecule is CCS(=O)(=O)N1CCN(C(=O)[C@@H]2C[C@H]2c2cccnc2)CC1. The van der Waals surface area contributed by atoms with Crippen LogP contribution in [0, 0.1) is 5.92 Å². The minimum absolute atomic E-state index is 0.0403. The van der Waals surface area contributed by atoms with E-state index in [2.05, 4.69) is 4.98 Å². The number of sulfonamides is 1. The van der Waals surface area contributed by atoms with Gasteiger partial charge in [-0.15, -0.1) is 0 Å². The molecular weight excluding hydrogens is 302 g/mol. The third-order valence-electron chi connectivity index (χ3n) is 4.53. The summed E-state index contributed by atoms with van der Waals surface area (Å²) in [5.74, 6) is 0.590. The molecule has 7 heteroatoms. The summed E-state index contributed by atoms with van der Waals surface area (Å²) in [6.45, 7) is 3.45. The molecule has 1 saturated heterocycles. The Morgan fingerprint density at radius 2 is 2.05 bits per heavy atom. The van der Waals surface area contributed by atoms with Gasteiger partial charge in [-0.3, -0.25) is 9.78 Å². The highest BCUT2D eigenvalue weighted by Crippen LogP contribution is 2.48. The fourth-order valence-electron chi connectivity index (χ4n) is 3.04. The predicted molar refractivity (Wildman–Crippen MR) is 82.7 cm³/mol. The van der Waals surface area contributed by atoms with Crippen LogP contribution in [0.15, 0.2) is 24.5 Å². The lowest BCUT2D eigenvalue weighted by Gasteiger charge is -2.34. The molecule has 1 aliphatic heterocycles. The summed E-state index contributed by atoms with van der Waals surface area (Å²) < 4.78 is 25.1. The van der Waals surface area contributed by atoms with Gasteiger partial charge in [0.1, 0.15) is 0 Å². The van der Waals surface area contributed by atoms with Gasteiger partial charge >= 0.3 is 0 Å². The third kappa shape index (κ3) is 3.01. The molecule has 1 amide bonds. The maximum atomic E-state index is 12.5. The summed E-state index contributed by atoms with van der Waals surface area (Å²) in [7, 11) is -3.14. The van der Waals surface area contributed by atoms with Gasteiger partial charge in [-0.2, -0.15) is 4.31 Å². The van der Waals surface area contributed by atoms with Crippen molar-refractivity contribution in [2.75, 3.05) is 31.9 Å². The molecule has 2 atom stereocenters. The quantitative estimate of drug-likeness (QED) is 0.817. The van der Waals surface area contributed by atoms with Gasteiger partial charge in [0.15, 0.2) is 0 Å². The fourth-order valence-corrected chi connectivity index (χ4v) is 4.12. The summed E-state index contributed by atoms with van der Waals surface area (Å²) >= 11 is 0. The predicted octanol–water partition coefficient (Wildman–Crippen LogP) is 0.679. The second-order valence-corrected chi connectivity index (χ2v) is 8.12. The van der Waals surface area contributed by atoms with Crippen LogP contribution in [0.2, 0.25) is 0 Å². The standard InChI is InChI=1S/C15H21N3O3S/c1-2-22(20,21)18-8-6-17(7-9-18)15(19)14-10-13(14)12-4-3-5-16-11-12/h3-5,11,13-14H,2,6-10H2,1H3/t13-,14+/m0/s1. The number of aromatic nitrogens is 1. The maximum Gasteiger partial charge on any atom is 0.226 e. The van der Waals surface area contributed by atoms with Gasteiger partial charge in [0.05, 0.1) is 5.75 Å². The highest BCUT2D eigenvalue weighted by molar-refractivity contribution is 7.89. The zero-order chi connectivity index (χ0) is 15.7. The average molecular weight is 323 g/mol. The molecule has 2 fully saturated rings. The smallest absolute Gasteiger partial charge is 0.226 e. The van der Waals surface area contributed by atoms with Gasteiger partial charge in [0.2, 0.25) is 15.9 Å². The van der Waals surface area contributed by atoms with Gasteiger partial charge in [-0.05, 0) is 30.9 Å². The van der Waals surface area contributed by atoms with E-state index in [1.165, 1.54) is 4.31 Å². The van der Waals surface area contributed by atoms with Crippen molar-refractivity contribution in [3.05, 3.63) is 30.1 Å². The van der Waals surface area contributed by atoms with E-state index in [-0.39, 0.29) is 23.5 Å². The van der Waals surface area contributed by atoms with Crippen molar-refractivity contribution in [3.63, 3.8) is 0 Å². The minimum Gasteiger partial charge on any atom is -0.340 e. The molecule has 0 aromatic carbocycles. The Bertz CT molecular complexity index is 639. The summed E-state index contributed by atoms with van der Waals surface area (Å²) in [4.78, 5) is 18.4. The second kappa shape index (κ2) is 5.96. The molecule has 0 unspecified atom stereocenters. The molecule has 1 saturated carbocycles. The monoisotopic (exact) mass is 323 g/mol. The van der Waals surface area contributed by atoms with Crippen molar-refractivity contribution in [1.29, 1.82) is 0 Å². The van der Waals surface area contributed by atoms with Crippen LogP contribution in [0.1, 0.15) is 24.8 Å². The van der Waals surface area contributed by atoms with Gasteiger partial charge in [-0.1, -0.05) is 6.07 Å². The molecule has 0 N–H and O–H groups in total. The first-order chi connectivity index (χ1) is 10.5. The second-order valence-electron chi connectivity index (χ2n) is 5.86. The van der Waals surface area contributed by atoms with Gasteiger partial charge < -0.3 is 4.90 Å². The Morgan fingerprint density at radius 1 is 1.32 bits per heavy atom. The van der Waals surface area contributed by atoms with E-state index in [0.29, 0.717) is 26.2 Å². The van der Waals surface area contributed by atoms with E-state index in [0.717, 1.165) is 12.0 Å². The van der Waals surface area contributed by atoms with Crippen LogP contribution in [-0.2, 0) is 14.8 Å². The molecule has 2 aliphatic rings. The van der Waals surface area contributed by atoms with Crippen molar-refractivity contribution in [3.8, 4) is 0 Å². The number of nitrogens with zero attached hydrogens (tertiary/aromatic N) is 3. The van der Waals surface area contributed by atoms with Crippen LogP contribution in [-0.4, -0.2) is 60.4 Å². The Labute approximate surface area is 131 Å². The highest BCUT2D eigenvalue weighted by atomic mass is 32.2. The Kier molecular flexibility index (Phi) is 4.18. The molecule has 1 aromatic heterocycles. The van der Waals surface area contributed by atoms with E-state index in [9.17, 15) is 13.2 Å². The first kappa shape index (κ1) is 15.4. The molecule has 22 heavy (non-hydrogen) atoms. The first-order valence-electron chi connectivity index (χ1n) is 7.69. The number of pyridine rings is 1. The first-order valence-corrected chi connectivity index (χ1v) is 9.30. The van der Waals surface area contributed by atoms with E-state index < -0.39 is 10.0 Å². The molecule has 2 heterocycles. The van der Waals surface area contributed by atoms with Crippen molar-refractivity contribution in [1.82, 2.24) is 14.2 Å². The molecular formula is C15H21N3O3S. The van der Waals surface area contributed by atoms with Gasteiger partial charge in [-0.25, -0.2) is 8.42 Å². The molecule has 0 bridgehead atoms. The Balaban J connectivity index is 1.56. The lowest BCUT2D eigenvalue weighted by atomic mass is 10.1. The van der Waals surface area contributed by atoms with E-state index in [1.54, 1.807) is 13.1 Å².